The second kappa shape index (κ2) is 2.89. The lowest BCUT2D eigenvalue weighted by molar-refractivity contribution is 0.465. The molecule has 2 nitrogen and oxygen atoms in total. The number of hydrogen-bond acceptors (Lipinski definition) is 2. The minimum atomic E-state index is 0.138. The molecule has 0 amide bonds. The molecule has 1 aliphatic rings. The Morgan fingerprint density at radius 2 is 2.25 bits per heavy atom. The van der Waals surface area contributed by atoms with Crippen molar-refractivity contribution < 1.29 is 4.42 Å². The van der Waals surface area contributed by atoms with E-state index in [2.05, 4.69) is 15.9 Å². The fraction of sp³-hybridized carbons (Fsp3) is 0.556. The highest BCUT2D eigenvalue weighted by molar-refractivity contribution is 9.10. The average molecular weight is 230 g/mol. The van der Waals surface area contributed by atoms with Gasteiger partial charge < -0.3 is 10.2 Å². The maximum atomic E-state index is 5.95. The first-order valence-corrected chi connectivity index (χ1v) is 5.00. The molecule has 3 heteroatoms. The summed E-state index contributed by atoms with van der Waals surface area (Å²) in [6.07, 6.45) is 4.36. The van der Waals surface area contributed by atoms with E-state index in [-0.39, 0.29) is 5.54 Å². The van der Waals surface area contributed by atoms with Crippen LogP contribution in [0.15, 0.2) is 21.2 Å². The van der Waals surface area contributed by atoms with Gasteiger partial charge in [0.25, 0.3) is 0 Å². The van der Waals surface area contributed by atoms with E-state index in [1.807, 2.05) is 12.1 Å². The monoisotopic (exact) mass is 229 g/mol. The number of nitrogens with two attached hydrogens (primary N) is 1. The van der Waals surface area contributed by atoms with E-state index in [4.69, 9.17) is 10.2 Å². The third kappa shape index (κ3) is 1.90. The molecular weight excluding hydrogens is 218 g/mol. The predicted molar refractivity (Wildman–Crippen MR) is 50.9 cm³/mol. The van der Waals surface area contributed by atoms with Crippen LogP contribution in [0.2, 0.25) is 0 Å². The predicted octanol–water partition coefficient (Wildman–Crippen LogP) is 2.47. The van der Waals surface area contributed by atoms with Crippen molar-refractivity contribution in [1.29, 1.82) is 0 Å². The molecule has 1 heterocycles. The molecule has 1 aromatic rings. The molecule has 2 rings (SSSR count). The maximum Gasteiger partial charge on any atom is 0.169 e. The Bertz CT molecular complexity index is 278. The van der Waals surface area contributed by atoms with Crippen molar-refractivity contribution in [2.75, 3.05) is 0 Å². The van der Waals surface area contributed by atoms with Gasteiger partial charge in [-0.3, -0.25) is 0 Å². The highest BCUT2D eigenvalue weighted by Gasteiger charge is 2.37. The van der Waals surface area contributed by atoms with Crippen LogP contribution >= 0.6 is 15.9 Å². The van der Waals surface area contributed by atoms with Crippen LogP contribution in [0.25, 0.3) is 0 Å². The van der Waals surface area contributed by atoms with E-state index in [1.54, 1.807) is 0 Å². The highest BCUT2D eigenvalue weighted by Crippen LogP contribution is 2.36. The first-order valence-electron chi connectivity index (χ1n) is 4.21. The van der Waals surface area contributed by atoms with Crippen molar-refractivity contribution >= 4 is 15.9 Å². The van der Waals surface area contributed by atoms with Crippen molar-refractivity contribution in [1.82, 2.24) is 0 Å². The summed E-state index contributed by atoms with van der Waals surface area (Å²) < 4.78 is 6.17. The molecule has 2 N–H and O–H groups in total. The Labute approximate surface area is 80.3 Å². The first kappa shape index (κ1) is 8.32. The molecule has 0 bridgehead atoms. The number of hydrogen-bond donors (Lipinski definition) is 1. The Morgan fingerprint density at radius 1 is 1.50 bits per heavy atom. The second-order valence-corrected chi connectivity index (χ2v) is 4.35. The summed E-state index contributed by atoms with van der Waals surface area (Å²) in [5.41, 5.74) is 6.09. The Hall–Kier alpha value is -0.280. The van der Waals surface area contributed by atoms with Gasteiger partial charge in [-0.25, -0.2) is 0 Å². The van der Waals surface area contributed by atoms with Crippen LogP contribution in [-0.4, -0.2) is 5.54 Å². The van der Waals surface area contributed by atoms with Crippen LogP contribution < -0.4 is 5.73 Å². The first-order chi connectivity index (χ1) is 5.68. The van der Waals surface area contributed by atoms with Gasteiger partial charge in [-0.05, 0) is 47.3 Å². The Kier molecular flexibility index (Phi) is 2.00. The van der Waals surface area contributed by atoms with Crippen LogP contribution in [-0.2, 0) is 6.42 Å². The van der Waals surface area contributed by atoms with Crippen LogP contribution in [0.5, 0.6) is 0 Å². The molecule has 0 spiro atoms. The lowest BCUT2D eigenvalue weighted by Crippen LogP contribution is -2.21. The van der Waals surface area contributed by atoms with E-state index >= 15 is 0 Å². The van der Waals surface area contributed by atoms with Gasteiger partial charge in [0.1, 0.15) is 5.76 Å². The maximum absolute atomic E-state index is 5.95. The van der Waals surface area contributed by atoms with E-state index in [1.165, 1.54) is 12.8 Å². The van der Waals surface area contributed by atoms with Crippen LogP contribution in [0, 0.1) is 0 Å². The summed E-state index contributed by atoms with van der Waals surface area (Å²) in [5.74, 6) is 1.03. The molecule has 66 valence electrons. The lowest BCUT2D eigenvalue weighted by atomic mass is 10.1. The SMILES string of the molecule is NC1(CCc2ccc(Br)o2)CC1. The van der Waals surface area contributed by atoms with Gasteiger partial charge in [-0.15, -0.1) is 0 Å². The molecular formula is C9H12BrNO. The average Bonchev–Trinajstić information content (AvgIpc) is 2.60. The fourth-order valence-corrected chi connectivity index (χ4v) is 1.61. The van der Waals surface area contributed by atoms with E-state index in [9.17, 15) is 0 Å². The van der Waals surface area contributed by atoms with Gasteiger partial charge in [0, 0.05) is 12.0 Å². The third-order valence-corrected chi connectivity index (χ3v) is 2.82. The van der Waals surface area contributed by atoms with Gasteiger partial charge in [0.2, 0.25) is 0 Å². The normalized spacial score (nSPS) is 19.5. The van der Waals surface area contributed by atoms with E-state index < -0.39 is 0 Å². The molecule has 1 saturated carbocycles. The van der Waals surface area contributed by atoms with Crippen molar-refractivity contribution in [3.63, 3.8) is 0 Å². The summed E-state index contributed by atoms with van der Waals surface area (Å²) in [4.78, 5) is 0. The lowest BCUT2D eigenvalue weighted by Gasteiger charge is -2.04. The van der Waals surface area contributed by atoms with Crippen molar-refractivity contribution in [2.45, 2.75) is 31.2 Å². The number of furan rings is 1. The molecule has 0 saturated heterocycles. The highest BCUT2D eigenvalue weighted by atomic mass is 79.9. The third-order valence-electron chi connectivity index (χ3n) is 2.39. The zero-order chi connectivity index (χ0) is 8.60. The molecule has 1 fully saturated rings. The van der Waals surface area contributed by atoms with Crippen molar-refractivity contribution in [3.05, 3.63) is 22.6 Å². The van der Waals surface area contributed by atoms with Gasteiger partial charge >= 0.3 is 0 Å². The molecule has 0 aromatic carbocycles. The van der Waals surface area contributed by atoms with E-state index in [0.717, 1.165) is 23.3 Å². The fourth-order valence-electron chi connectivity index (χ4n) is 1.27. The van der Waals surface area contributed by atoms with E-state index in [0.29, 0.717) is 0 Å². The minimum absolute atomic E-state index is 0.138. The zero-order valence-corrected chi connectivity index (χ0v) is 8.43. The van der Waals surface area contributed by atoms with Gasteiger partial charge in [0.05, 0.1) is 0 Å². The quantitative estimate of drug-likeness (QED) is 0.866. The molecule has 12 heavy (non-hydrogen) atoms. The molecule has 1 aromatic heterocycles. The van der Waals surface area contributed by atoms with Crippen LogP contribution in [0.3, 0.4) is 0 Å². The summed E-state index contributed by atoms with van der Waals surface area (Å²) in [6.45, 7) is 0. The number of aryl methyl sites for hydroxylation is 1. The molecule has 0 aliphatic heterocycles. The zero-order valence-electron chi connectivity index (χ0n) is 6.85. The Morgan fingerprint density at radius 3 is 2.75 bits per heavy atom. The van der Waals surface area contributed by atoms with Crippen molar-refractivity contribution in [2.24, 2.45) is 5.73 Å². The number of halogens is 1. The smallest absolute Gasteiger partial charge is 0.169 e. The second-order valence-electron chi connectivity index (χ2n) is 3.57. The minimum Gasteiger partial charge on any atom is -0.454 e. The largest absolute Gasteiger partial charge is 0.454 e. The van der Waals surface area contributed by atoms with Gasteiger partial charge in [-0.1, -0.05) is 0 Å². The van der Waals surface area contributed by atoms with Gasteiger partial charge in [-0.2, -0.15) is 0 Å². The van der Waals surface area contributed by atoms with Crippen LogP contribution in [0.4, 0.5) is 0 Å². The standard InChI is InChI=1S/C9H12BrNO/c10-8-2-1-7(12-8)3-4-9(11)5-6-9/h1-2H,3-6,11H2. The summed E-state index contributed by atoms with van der Waals surface area (Å²) >= 11 is 3.27. The van der Waals surface area contributed by atoms with Gasteiger partial charge in [0.15, 0.2) is 4.67 Å². The Balaban J connectivity index is 1.87. The summed E-state index contributed by atoms with van der Waals surface area (Å²) in [5, 5.41) is 0. The molecule has 0 unspecified atom stereocenters. The summed E-state index contributed by atoms with van der Waals surface area (Å²) in [6, 6.07) is 3.92. The molecule has 1 aliphatic carbocycles. The molecule has 0 atom stereocenters. The van der Waals surface area contributed by atoms with Crippen LogP contribution in [0.1, 0.15) is 25.0 Å². The number of rotatable bonds is 3. The summed E-state index contributed by atoms with van der Waals surface area (Å²) in [7, 11) is 0. The molecule has 0 radical (unpaired) electrons. The topological polar surface area (TPSA) is 39.2 Å². The van der Waals surface area contributed by atoms with Crippen molar-refractivity contribution in [3.8, 4) is 0 Å².